The minimum absolute atomic E-state index is 0.0461. The van der Waals surface area contributed by atoms with Crippen LogP contribution in [0.3, 0.4) is 0 Å². The maximum Gasteiger partial charge on any atom is 0.263 e. The number of thiophene rings is 1. The molecule has 3 nitrogen and oxygen atoms in total. The van der Waals surface area contributed by atoms with Crippen molar-refractivity contribution < 1.29 is 0 Å². The Bertz CT molecular complexity index is 711. The molecular formula is C13H18N2OS3. The van der Waals surface area contributed by atoms with Crippen LogP contribution in [0.25, 0.3) is 10.2 Å². The number of hydrogen-bond donors (Lipinski definition) is 1. The first-order chi connectivity index (χ1) is 8.97. The van der Waals surface area contributed by atoms with E-state index in [2.05, 4.69) is 11.9 Å². The van der Waals surface area contributed by atoms with E-state index in [1.54, 1.807) is 15.9 Å². The Morgan fingerprint density at radius 2 is 2.16 bits per heavy atom. The van der Waals surface area contributed by atoms with Crippen LogP contribution in [-0.4, -0.2) is 21.1 Å². The predicted molar refractivity (Wildman–Crippen MR) is 88.5 cm³/mol. The lowest BCUT2D eigenvalue weighted by Gasteiger charge is -2.14. The van der Waals surface area contributed by atoms with Crippen molar-refractivity contribution >= 4 is 45.5 Å². The van der Waals surface area contributed by atoms with Crippen molar-refractivity contribution in [3.8, 4) is 0 Å². The van der Waals surface area contributed by atoms with Gasteiger partial charge in [0.1, 0.15) is 4.83 Å². The Hall–Kier alpha value is -0.590. The fraction of sp³-hybridized carbons (Fsp3) is 0.538. The van der Waals surface area contributed by atoms with Gasteiger partial charge in [0.05, 0.1) is 5.39 Å². The van der Waals surface area contributed by atoms with E-state index in [9.17, 15) is 4.79 Å². The lowest BCUT2D eigenvalue weighted by Crippen LogP contribution is -2.26. The highest BCUT2D eigenvalue weighted by Gasteiger charge is 2.15. The normalized spacial score (nSPS) is 13.1. The van der Waals surface area contributed by atoms with Crippen LogP contribution in [0.5, 0.6) is 0 Å². The number of aromatic amines is 1. The summed E-state index contributed by atoms with van der Waals surface area (Å²) < 4.78 is 2.25. The first kappa shape index (κ1) is 14.8. The Balaban J connectivity index is 2.65. The van der Waals surface area contributed by atoms with Crippen molar-refractivity contribution in [2.45, 2.75) is 33.7 Å². The van der Waals surface area contributed by atoms with Gasteiger partial charge in [0.2, 0.25) is 0 Å². The third kappa shape index (κ3) is 2.66. The van der Waals surface area contributed by atoms with Crippen LogP contribution in [0.2, 0.25) is 0 Å². The number of fused-ring (bicyclic) bond motifs is 1. The van der Waals surface area contributed by atoms with Crippen LogP contribution in [0.15, 0.2) is 4.79 Å². The number of aryl methyl sites for hydroxylation is 2. The molecule has 1 atom stereocenters. The molecule has 0 saturated heterocycles. The van der Waals surface area contributed by atoms with E-state index in [-0.39, 0.29) is 11.6 Å². The highest BCUT2D eigenvalue weighted by Crippen LogP contribution is 2.26. The number of thioether (sulfide) groups is 1. The summed E-state index contributed by atoms with van der Waals surface area (Å²) in [6, 6.07) is 0.116. The third-order valence-corrected chi connectivity index (χ3v) is 5.81. The highest BCUT2D eigenvalue weighted by molar-refractivity contribution is 7.99. The Morgan fingerprint density at radius 3 is 2.79 bits per heavy atom. The van der Waals surface area contributed by atoms with Gasteiger partial charge in [-0.25, -0.2) is 0 Å². The van der Waals surface area contributed by atoms with Crippen molar-refractivity contribution in [3.05, 3.63) is 25.6 Å². The fourth-order valence-corrected chi connectivity index (χ4v) is 4.31. The first-order valence-corrected chi connectivity index (χ1v) is 8.67. The van der Waals surface area contributed by atoms with Gasteiger partial charge >= 0.3 is 0 Å². The van der Waals surface area contributed by atoms with Crippen LogP contribution >= 0.6 is 35.3 Å². The standard InChI is InChI=1S/C13H18N2OS3/c1-5-18-6-7(2)15-12(16)10-8(3)9(4)19-11(10)14-13(15)17/h7H,5-6H2,1-4H3,(H,14,17). The third-order valence-electron chi connectivity index (χ3n) is 3.26. The quantitative estimate of drug-likeness (QED) is 0.865. The van der Waals surface area contributed by atoms with Gasteiger partial charge in [-0.15, -0.1) is 11.3 Å². The van der Waals surface area contributed by atoms with Crippen LogP contribution in [-0.2, 0) is 0 Å². The van der Waals surface area contributed by atoms with E-state index in [4.69, 9.17) is 12.2 Å². The molecule has 0 saturated carbocycles. The van der Waals surface area contributed by atoms with E-state index < -0.39 is 0 Å². The van der Waals surface area contributed by atoms with E-state index in [1.165, 1.54) is 4.88 Å². The van der Waals surface area contributed by atoms with Crippen molar-refractivity contribution in [1.29, 1.82) is 0 Å². The molecule has 19 heavy (non-hydrogen) atoms. The lowest BCUT2D eigenvalue weighted by atomic mass is 10.2. The summed E-state index contributed by atoms with van der Waals surface area (Å²) in [6.07, 6.45) is 0. The SMILES string of the molecule is CCSCC(C)n1c(=S)[nH]c2sc(C)c(C)c2c1=O. The second-order valence-corrected chi connectivity index (χ2v) is 7.53. The maximum absolute atomic E-state index is 12.7. The number of rotatable bonds is 4. The molecule has 2 rings (SSSR count). The molecule has 0 aliphatic heterocycles. The number of hydrogen-bond acceptors (Lipinski definition) is 4. The zero-order valence-electron chi connectivity index (χ0n) is 11.6. The number of nitrogens with one attached hydrogen (secondary N) is 1. The summed E-state index contributed by atoms with van der Waals surface area (Å²) in [6.45, 7) is 8.21. The zero-order valence-corrected chi connectivity index (χ0v) is 14.0. The van der Waals surface area contributed by atoms with Gasteiger partial charge in [-0.05, 0) is 44.3 Å². The van der Waals surface area contributed by atoms with Crippen molar-refractivity contribution in [1.82, 2.24) is 9.55 Å². The largest absolute Gasteiger partial charge is 0.323 e. The molecule has 0 fully saturated rings. The predicted octanol–water partition coefficient (Wildman–Crippen LogP) is 4.05. The summed E-state index contributed by atoms with van der Waals surface area (Å²) in [4.78, 5) is 17.9. The first-order valence-electron chi connectivity index (χ1n) is 6.29. The molecule has 2 heterocycles. The van der Waals surface area contributed by atoms with Gasteiger partial charge < -0.3 is 4.98 Å². The van der Waals surface area contributed by atoms with Crippen molar-refractivity contribution in [2.75, 3.05) is 11.5 Å². The smallest absolute Gasteiger partial charge is 0.263 e. The average Bonchev–Trinajstić information content (AvgIpc) is 2.62. The topological polar surface area (TPSA) is 37.8 Å². The van der Waals surface area contributed by atoms with Crippen LogP contribution in [0.4, 0.5) is 0 Å². The van der Waals surface area contributed by atoms with Crippen molar-refractivity contribution in [2.24, 2.45) is 0 Å². The molecule has 0 spiro atoms. The van der Waals surface area contributed by atoms with Crippen LogP contribution in [0, 0.1) is 18.6 Å². The van der Waals surface area contributed by atoms with Gasteiger partial charge in [0.15, 0.2) is 4.77 Å². The molecule has 1 unspecified atom stereocenters. The maximum atomic E-state index is 12.7. The second-order valence-electron chi connectivity index (χ2n) is 4.60. The highest BCUT2D eigenvalue weighted by atomic mass is 32.2. The average molecular weight is 315 g/mol. The Kier molecular flexibility index (Phi) is 4.53. The lowest BCUT2D eigenvalue weighted by molar-refractivity contribution is 0.573. The molecule has 0 aromatic carbocycles. The molecule has 0 amide bonds. The van der Waals surface area contributed by atoms with Gasteiger partial charge in [0.25, 0.3) is 5.56 Å². The summed E-state index contributed by atoms with van der Waals surface area (Å²) >= 11 is 8.78. The van der Waals surface area contributed by atoms with E-state index >= 15 is 0 Å². The van der Waals surface area contributed by atoms with Gasteiger partial charge in [-0.2, -0.15) is 11.8 Å². The summed E-state index contributed by atoms with van der Waals surface area (Å²) in [7, 11) is 0. The molecule has 2 aromatic rings. The number of H-pyrrole nitrogens is 1. The second kappa shape index (κ2) is 5.81. The Labute approximate surface area is 126 Å². The van der Waals surface area contributed by atoms with Gasteiger partial charge in [-0.3, -0.25) is 9.36 Å². The van der Waals surface area contributed by atoms with Gasteiger partial charge in [0, 0.05) is 16.7 Å². The molecule has 2 aromatic heterocycles. The van der Waals surface area contributed by atoms with Crippen LogP contribution < -0.4 is 5.56 Å². The minimum atomic E-state index is 0.0461. The van der Waals surface area contributed by atoms with E-state index in [1.807, 2.05) is 32.5 Å². The molecule has 6 heteroatoms. The molecule has 0 radical (unpaired) electrons. The molecular weight excluding hydrogens is 296 g/mol. The van der Waals surface area contributed by atoms with Gasteiger partial charge in [-0.1, -0.05) is 6.92 Å². The number of nitrogens with zero attached hydrogens (tertiary/aromatic N) is 1. The molecule has 0 bridgehead atoms. The fourth-order valence-electron chi connectivity index (χ4n) is 2.11. The monoisotopic (exact) mass is 314 g/mol. The van der Waals surface area contributed by atoms with E-state index in [0.29, 0.717) is 4.77 Å². The summed E-state index contributed by atoms with van der Waals surface area (Å²) in [5.74, 6) is 1.95. The number of aromatic nitrogens is 2. The van der Waals surface area contributed by atoms with E-state index in [0.717, 1.165) is 27.3 Å². The molecule has 0 aliphatic carbocycles. The van der Waals surface area contributed by atoms with Crippen molar-refractivity contribution in [3.63, 3.8) is 0 Å². The zero-order chi connectivity index (χ0) is 14.2. The summed E-state index contributed by atoms with van der Waals surface area (Å²) in [5, 5.41) is 0.796. The molecule has 1 N–H and O–H groups in total. The van der Waals surface area contributed by atoms with Crippen LogP contribution in [0.1, 0.15) is 30.3 Å². The molecule has 0 aliphatic rings. The summed E-state index contributed by atoms with van der Waals surface area (Å²) in [5.41, 5.74) is 1.12. The minimum Gasteiger partial charge on any atom is -0.323 e. The molecule has 104 valence electrons. The Morgan fingerprint density at radius 1 is 1.47 bits per heavy atom.